The van der Waals surface area contributed by atoms with Crippen LogP contribution in [0.15, 0.2) is 70.6 Å². The third-order valence-corrected chi connectivity index (χ3v) is 3.70. The molecule has 0 atom stereocenters. The second-order valence-electron chi connectivity index (χ2n) is 4.05. The van der Waals surface area contributed by atoms with Gasteiger partial charge >= 0.3 is 0 Å². The molecule has 0 saturated heterocycles. The number of fused-ring (bicyclic) bond motifs is 1. The van der Waals surface area contributed by atoms with E-state index in [0.717, 1.165) is 20.8 Å². The zero-order valence-corrected chi connectivity index (χ0v) is 10.9. The van der Waals surface area contributed by atoms with Crippen molar-refractivity contribution in [2.24, 2.45) is 0 Å². The second kappa shape index (κ2) is 5.13. The molecule has 0 aliphatic rings. The lowest BCUT2D eigenvalue weighted by atomic mass is 10.1. The second-order valence-corrected chi connectivity index (χ2v) is 5.15. The maximum absolute atomic E-state index is 9.24. The highest BCUT2D eigenvalue weighted by atomic mass is 32.2. The fourth-order valence-corrected chi connectivity index (χ4v) is 2.76. The molecule has 19 heavy (non-hydrogen) atoms. The Hall–Kier alpha value is -2.31. The van der Waals surface area contributed by atoms with Crippen molar-refractivity contribution in [2.75, 3.05) is 0 Å². The summed E-state index contributed by atoms with van der Waals surface area (Å²) in [6.45, 7) is 0. The molecule has 0 saturated carbocycles. The molecule has 0 fully saturated rings. The molecule has 0 amide bonds. The molecule has 1 aromatic heterocycles. The van der Waals surface area contributed by atoms with Crippen LogP contribution < -0.4 is 0 Å². The maximum Gasteiger partial charge on any atom is 0.103 e. The molecule has 3 heteroatoms. The van der Waals surface area contributed by atoms with Crippen LogP contribution in [0.4, 0.5) is 0 Å². The summed E-state index contributed by atoms with van der Waals surface area (Å²) in [5.74, 6) is 0. The van der Waals surface area contributed by atoms with Gasteiger partial charge in [-0.2, -0.15) is 5.26 Å². The highest BCUT2D eigenvalue weighted by Gasteiger charge is 2.06. The van der Waals surface area contributed by atoms with Gasteiger partial charge in [0.15, 0.2) is 0 Å². The van der Waals surface area contributed by atoms with E-state index in [0.29, 0.717) is 5.56 Å². The van der Waals surface area contributed by atoms with Gasteiger partial charge in [-0.3, -0.25) is 0 Å². The van der Waals surface area contributed by atoms with Crippen LogP contribution >= 0.6 is 11.8 Å². The Bertz CT molecular complexity index is 761. The minimum Gasteiger partial charge on any atom is -0.241 e. The Morgan fingerprint density at radius 3 is 2.47 bits per heavy atom. The molecule has 3 rings (SSSR count). The van der Waals surface area contributed by atoms with E-state index in [9.17, 15) is 5.26 Å². The van der Waals surface area contributed by atoms with Crippen molar-refractivity contribution in [3.05, 3.63) is 66.2 Å². The molecular formula is C16H10N2S. The molecule has 90 valence electrons. The third kappa shape index (κ3) is 2.44. The molecule has 1 heterocycles. The minimum absolute atomic E-state index is 0.670. The summed E-state index contributed by atoms with van der Waals surface area (Å²) in [4.78, 5) is 5.71. The number of para-hydroxylation sites is 1. The van der Waals surface area contributed by atoms with Crippen molar-refractivity contribution in [1.29, 1.82) is 5.26 Å². The fraction of sp³-hybridized carbons (Fsp3) is 0. The molecule has 0 aliphatic carbocycles. The van der Waals surface area contributed by atoms with Gasteiger partial charge in [0.05, 0.1) is 17.1 Å². The van der Waals surface area contributed by atoms with Gasteiger partial charge < -0.3 is 0 Å². The molecule has 0 N–H and O–H groups in total. The Labute approximate surface area is 115 Å². The van der Waals surface area contributed by atoms with Crippen molar-refractivity contribution in [3.63, 3.8) is 0 Å². The lowest BCUT2D eigenvalue weighted by Crippen LogP contribution is -1.87. The third-order valence-electron chi connectivity index (χ3n) is 2.78. The van der Waals surface area contributed by atoms with Crippen LogP contribution in [0.1, 0.15) is 5.56 Å². The SMILES string of the molecule is N#Cc1cc(Sc2ccccc2)nc2ccccc12. The zero-order valence-electron chi connectivity index (χ0n) is 10.1. The molecule has 0 unspecified atom stereocenters. The largest absolute Gasteiger partial charge is 0.241 e. The van der Waals surface area contributed by atoms with Gasteiger partial charge in [-0.15, -0.1) is 0 Å². The van der Waals surface area contributed by atoms with Crippen molar-refractivity contribution in [1.82, 2.24) is 4.98 Å². The van der Waals surface area contributed by atoms with Crippen LogP contribution in [-0.4, -0.2) is 4.98 Å². The van der Waals surface area contributed by atoms with E-state index in [1.807, 2.05) is 60.7 Å². The summed E-state index contributed by atoms with van der Waals surface area (Å²) < 4.78 is 0. The Morgan fingerprint density at radius 1 is 0.947 bits per heavy atom. The summed E-state index contributed by atoms with van der Waals surface area (Å²) >= 11 is 1.57. The predicted octanol–water partition coefficient (Wildman–Crippen LogP) is 4.26. The zero-order chi connectivity index (χ0) is 13.1. The number of pyridine rings is 1. The van der Waals surface area contributed by atoms with E-state index < -0.39 is 0 Å². The standard InChI is InChI=1S/C16H10N2S/c17-11-12-10-16(19-13-6-2-1-3-7-13)18-15-9-5-4-8-14(12)15/h1-10H. The van der Waals surface area contributed by atoms with Crippen molar-refractivity contribution in [2.45, 2.75) is 9.92 Å². The first-order chi connectivity index (χ1) is 9.36. The summed E-state index contributed by atoms with van der Waals surface area (Å²) in [6.07, 6.45) is 0. The average molecular weight is 262 g/mol. The number of aromatic nitrogens is 1. The smallest absolute Gasteiger partial charge is 0.103 e. The maximum atomic E-state index is 9.24. The number of hydrogen-bond acceptors (Lipinski definition) is 3. The number of rotatable bonds is 2. The topological polar surface area (TPSA) is 36.7 Å². The highest BCUT2D eigenvalue weighted by Crippen LogP contribution is 2.29. The normalized spacial score (nSPS) is 10.3. The van der Waals surface area contributed by atoms with Gasteiger partial charge in [-0.05, 0) is 24.3 Å². The number of hydrogen-bond donors (Lipinski definition) is 0. The molecule has 0 radical (unpaired) electrons. The van der Waals surface area contributed by atoms with Gasteiger partial charge in [0.2, 0.25) is 0 Å². The van der Waals surface area contributed by atoms with Crippen LogP contribution in [-0.2, 0) is 0 Å². The van der Waals surface area contributed by atoms with Crippen molar-refractivity contribution in [3.8, 4) is 6.07 Å². The van der Waals surface area contributed by atoms with E-state index >= 15 is 0 Å². The van der Waals surface area contributed by atoms with E-state index in [1.165, 1.54) is 0 Å². The van der Waals surface area contributed by atoms with Crippen LogP contribution in [0, 0.1) is 11.3 Å². The first-order valence-corrected chi connectivity index (χ1v) is 6.71. The number of nitrogens with zero attached hydrogens (tertiary/aromatic N) is 2. The Morgan fingerprint density at radius 2 is 1.68 bits per heavy atom. The molecule has 3 aromatic rings. The van der Waals surface area contributed by atoms with Crippen LogP contribution in [0.5, 0.6) is 0 Å². The summed E-state index contributed by atoms with van der Waals surface area (Å²) in [7, 11) is 0. The molecule has 0 spiro atoms. The van der Waals surface area contributed by atoms with Crippen molar-refractivity contribution < 1.29 is 0 Å². The Balaban J connectivity index is 2.08. The monoisotopic (exact) mass is 262 g/mol. The lowest BCUT2D eigenvalue weighted by molar-refractivity contribution is 1.18. The van der Waals surface area contributed by atoms with E-state index in [1.54, 1.807) is 11.8 Å². The molecule has 2 nitrogen and oxygen atoms in total. The first-order valence-electron chi connectivity index (χ1n) is 5.89. The predicted molar refractivity (Wildman–Crippen MR) is 77.0 cm³/mol. The lowest BCUT2D eigenvalue weighted by Gasteiger charge is -2.04. The number of benzene rings is 2. The van der Waals surface area contributed by atoms with E-state index in [2.05, 4.69) is 11.1 Å². The molecule has 2 aromatic carbocycles. The highest BCUT2D eigenvalue weighted by molar-refractivity contribution is 7.99. The molecular weight excluding hydrogens is 252 g/mol. The average Bonchev–Trinajstić information content (AvgIpc) is 2.47. The van der Waals surface area contributed by atoms with Crippen LogP contribution in [0.3, 0.4) is 0 Å². The molecule has 0 bridgehead atoms. The summed E-state index contributed by atoms with van der Waals surface area (Å²) in [5.41, 5.74) is 1.53. The molecule has 0 aliphatic heterocycles. The van der Waals surface area contributed by atoms with E-state index in [4.69, 9.17) is 0 Å². The summed E-state index contributed by atoms with van der Waals surface area (Å²) in [6, 6.07) is 21.9. The van der Waals surface area contributed by atoms with Gasteiger partial charge in [0, 0.05) is 10.3 Å². The van der Waals surface area contributed by atoms with Crippen molar-refractivity contribution >= 4 is 22.7 Å². The summed E-state index contributed by atoms with van der Waals surface area (Å²) in [5, 5.41) is 11.0. The first kappa shape index (κ1) is 11.8. The minimum atomic E-state index is 0.670. The van der Waals surface area contributed by atoms with Crippen LogP contribution in [0.25, 0.3) is 10.9 Å². The number of nitriles is 1. The fourth-order valence-electron chi connectivity index (χ4n) is 1.91. The van der Waals surface area contributed by atoms with Crippen LogP contribution in [0.2, 0.25) is 0 Å². The van der Waals surface area contributed by atoms with E-state index in [-0.39, 0.29) is 0 Å². The quantitative estimate of drug-likeness (QED) is 0.692. The van der Waals surface area contributed by atoms with Gasteiger partial charge in [0.1, 0.15) is 5.03 Å². The van der Waals surface area contributed by atoms with Gasteiger partial charge in [0.25, 0.3) is 0 Å². The van der Waals surface area contributed by atoms with Gasteiger partial charge in [-0.1, -0.05) is 48.2 Å². The van der Waals surface area contributed by atoms with Gasteiger partial charge in [-0.25, -0.2) is 4.98 Å². The Kier molecular flexibility index (Phi) is 3.18.